The third-order valence-corrected chi connectivity index (χ3v) is 1.90. The van der Waals surface area contributed by atoms with Gasteiger partial charge in [-0.15, -0.1) is 0 Å². The number of para-hydroxylation sites is 1. The van der Waals surface area contributed by atoms with Crippen molar-refractivity contribution in [1.82, 2.24) is 9.78 Å². The van der Waals surface area contributed by atoms with Gasteiger partial charge in [0.2, 0.25) is 0 Å². The molecule has 0 spiro atoms. The number of carbonyl (C=O) groups excluding carboxylic acids is 1. The van der Waals surface area contributed by atoms with E-state index in [4.69, 9.17) is 4.74 Å². The van der Waals surface area contributed by atoms with Crippen LogP contribution in [0.25, 0.3) is 5.69 Å². The van der Waals surface area contributed by atoms with Crippen molar-refractivity contribution in [2.24, 2.45) is 0 Å². The van der Waals surface area contributed by atoms with Crippen molar-refractivity contribution in [3.8, 4) is 11.4 Å². The highest BCUT2D eigenvalue weighted by atomic mass is 16.5. The maximum atomic E-state index is 10.1. The molecule has 0 aliphatic heterocycles. The quantitative estimate of drug-likeness (QED) is 0.705. The molecule has 4 heteroatoms. The van der Waals surface area contributed by atoms with Crippen LogP contribution in [0, 0.1) is 0 Å². The molecule has 0 saturated heterocycles. The molecule has 0 amide bonds. The molecular weight excluding hydrogens is 192 g/mol. The van der Waals surface area contributed by atoms with Crippen molar-refractivity contribution in [3.63, 3.8) is 0 Å². The Labute approximate surface area is 87.1 Å². The van der Waals surface area contributed by atoms with Gasteiger partial charge in [-0.3, -0.25) is 4.79 Å². The second kappa shape index (κ2) is 4.41. The summed E-state index contributed by atoms with van der Waals surface area (Å²) in [7, 11) is 0. The lowest BCUT2D eigenvalue weighted by Crippen LogP contribution is -1.96. The number of aldehydes is 1. The molecule has 2 aromatic rings. The van der Waals surface area contributed by atoms with Gasteiger partial charge in [-0.2, -0.15) is 5.10 Å². The van der Waals surface area contributed by atoms with E-state index in [2.05, 4.69) is 5.10 Å². The molecule has 0 aliphatic carbocycles. The Morgan fingerprint density at radius 2 is 2.13 bits per heavy atom. The Bertz CT molecular complexity index is 437. The average molecular weight is 202 g/mol. The van der Waals surface area contributed by atoms with Crippen LogP contribution >= 0.6 is 0 Å². The molecule has 0 bridgehead atoms. The van der Waals surface area contributed by atoms with E-state index in [0.717, 1.165) is 5.69 Å². The number of carbonyl (C=O) groups is 1. The Morgan fingerprint density at radius 1 is 1.33 bits per heavy atom. The van der Waals surface area contributed by atoms with Crippen LogP contribution in [0.3, 0.4) is 0 Å². The van der Waals surface area contributed by atoms with E-state index >= 15 is 0 Å². The highest BCUT2D eigenvalue weighted by Crippen LogP contribution is 2.12. The Kier molecular flexibility index (Phi) is 2.78. The van der Waals surface area contributed by atoms with Gasteiger partial charge in [0.15, 0.2) is 12.0 Å². The third-order valence-electron chi connectivity index (χ3n) is 1.90. The van der Waals surface area contributed by atoms with Gasteiger partial charge < -0.3 is 4.74 Å². The van der Waals surface area contributed by atoms with Crippen molar-refractivity contribution in [2.75, 3.05) is 6.61 Å². The van der Waals surface area contributed by atoms with Crippen molar-refractivity contribution < 1.29 is 9.53 Å². The molecule has 1 aromatic carbocycles. The first-order valence-electron chi connectivity index (χ1n) is 4.56. The van der Waals surface area contributed by atoms with E-state index in [9.17, 15) is 4.79 Å². The molecule has 0 N–H and O–H groups in total. The lowest BCUT2D eigenvalue weighted by atomic mass is 10.3. The van der Waals surface area contributed by atoms with E-state index in [1.165, 1.54) is 0 Å². The van der Waals surface area contributed by atoms with E-state index in [0.29, 0.717) is 12.0 Å². The summed E-state index contributed by atoms with van der Waals surface area (Å²) in [6, 6.07) is 9.69. The predicted octanol–water partition coefficient (Wildman–Crippen LogP) is 1.45. The van der Waals surface area contributed by atoms with Crippen molar-refractivity contribution in [3.05, 3.63) is 42.7 Å². The summed E-state index contributed by atoms with van der Waals surface area (Å²) in [5.41, 5.74) is 0.957. The molecule has 0 aliphatic rings. The normalized spacial score (nSPS) is 9.87. The second-order valence-corrected chi connectivity index (χ2v) is 2.93. The number of aromatic nitrogens is 2. The van der Waals surface area contributed by atoms with Crippen LogP contribution in [0.15, 0.2) is 42.7 Å². The van der Waals surface area contributed by atoms with E-state index in [1.54, 1.807) is 17.1 Å². The van der Waals surface area contributed by atoms with Crippen LogP contribution in [-0.4, -0.2) is 22.7 Å². The number of hydrogen-bond acceptors (Lipinski definition) is 3. The van der Waals surface area contributed by atoms with Gasteiger partial charge in [-0.1, -0.05) is 18.2 Å². The number of rotatable bonds is 4. The van der Waals surface area contributed by atoms with Gasteiger partial charge in [0.05, 0.1) is 18.1 Å². The summed E-state index contributed by atoms with van der Waals surface area (Å²) < 4.78 is 6.80. The van der Waals surface area contributed by atoms with Crippen LogP contribution < -0.4 is 4.74 Å². The molecular formula is C11H10N2O2. The second-order valence-electron chi connectivity index (χ2n) is 2.93. The SMILES string of the molecule is O=CCOc1cnn(-c2ccccc2)c1. The summed E-state index contributed by atoms with van der Waals surface area (Å²) >= 11 is 0. The maximum Gasteiger partial charge on any atom is 0.158 e. The highest BCUT2D eigenvalue weighted by Gasteiger charge is 2.00. The van der Waals surface area contributed by atoms with Crippen LogP contribution in [0.2, 0.25) is 0 Å². The van der Waals surface area contributed by atoms with E-state index in [1.807, 2.05) is 30.3 Å². The van der Waals surface area contributed by atoms with Gasteiger partial charge in [0.1, 0.15) is 6.61 Å². The van der Waals surface area contributed by atoms with Crippen molar-refractivity contribution >= 4 is 6.29 Å². The molecule has 0 saturated carbocycles. The molecule has 0 atom stereocenters. The van der Waals surface area contributed by atoms with Crippen LogP contribution in [0.5, 0.6) is 5.75 Å². The summed E-state index contributed by atoms with van der Waals surface area (Å²) in [5, 5.41) is 4.12. The van der Waals surface area contributed by atoms with Gasteiger partial charge >= 0.3 is 0 Å². The van der Waals surface area contributed by atoms with Crippen LogP contribution in [-0.2, 0) is 4.79 Å². The van der Waals surface area contributed by atoms with E-state index < -0.39 is 0 Å². The fourth-order valence-corrected chi connectivity index (χ4v) is 1.23. The van der Waals surface area contributed by atoms with Gasteiger partial charge in [0, 0.05) is 0 Å². The topological polar surface area (TPSA) is 44.1 Å². The van der Waals surface area contributed by atoms with Gasteiger partial charge in [-0.25, -0.2) is 4.68 Å². The zero-order valence-corrected chi connectivity index (χ0v) is 8.04. The lowest BCUT2D eigenvalue weighted by Gasteiger charge is -1.99. The number of benzene rings is 1. The fraction of sp³-hybridized carbons (Fsp3) is 0.0909. The lowest BCUT2D eigenvalue weighted by molar-refractivity contribution is -0.109. The van der Waals surface area contributed by atoms with Gasteiger partial charge in [0.25, 0.3) is 0 Å². The zero-order valence-electron chi connectivity index (χ0n) is 8.04. The summed E-state index contributed by atoms with van der Waals surface area (Å²) in [5.74, 6) is 0.589. The third kappa shape index (κ3) is 2.22. The number of hydrogen-bond donors (Lipinski definition) is 0. The number of nitrogens with zero attached hydrogens (tertiary/aromatic N) is 2. The van der Waals surface area contributed by atoms with Gasteiger partial charge in [-0.05, 0) is 12.1 Å². The number of ether oxygens (including phenoxy) is 1. The molecule has 2 rings (SSSR count). The smallest absolute Gasteiger partial charge is 0.158 e. The molecule has 0 fully saturated rings. The summed E-state index contributed by atoms with van der Waals surface area (Å²) in [4.78, 5) is 10.1. The summed E-state index contributed by atoms with van der Waals surface area (Å²) in [6.07, 6.45) is 4.02. The summed E-state index contributed by atoms with van der Waals surface area (Å²) in [6.45, 7) is 0.0560. The standard InChI is InChI=1S/C11H10N2O2/c14-6-7-15-11-8-12-13(9-11)10-4-2-1-3-5-10/h1-6,8-9H,7H2. The van der Waals surface area contributed by atoms with Crippen LogP contribution in [0.1, 0.15) is 0 Å². The Morgan fingerprint density at radius 3 is 2.87 bits per heavy atom. The first kappa shape index (κ1) is 9.45. The molecule has 1 aromatic heterocycles. The maximum absolute atomic E-state index is 10.1. The minimum absolute atomic E-state index is 0.0560. The van der Waals surface area contributed by atoms with Crippen LogP contribution in [0.4, 0.5) is 0 Å². The molecule has 1 heterocycles. The first-order valence-corrected chi connectivity index (χ1v) is 4.56. The van der Waals surface area contributed by atoms with Crippen molar-refractivity contribution in [2.45, 2.75) is 0 Å². The molecule has 0 radical (unpaired) electrons. The molecule has 15 heavy (non-hydrogen) atoms. The predicted molar refractivity (Wildman–Crippen MR) is 55.1 cm³/mol. The minimum Gasteiger partial charge on any atom is -0.483 e. The first-order chi connectivity index (χ1) is 7.40. The van der Waals surface area contributed by atoms with E-state index in [-0.39, 0.29) is 6.61 Å². The fourth-order valence-electron chi connectivity index (χ4n) is 1.23. The largest absolute Gasteiger partial charge is 0.483 e. The Hall–Kier alpha value is -2.10. The van der Waals surface area contributed by atoms with Crippen molar-refractivity contribution in [1.29, 1.82) is 0 Å². The molecule has 76 valence electrons. The molecule has 0 unspecified atom stereocenters. The highest BCUT2D eigenvalue weighted by molar-refractivity contribution is 5.51. The zero-order chi connectivity index (χ0) is 10.5. The Balaban J connectivity index is 2.17. The minimum atomic E-state index is 0.0560. The monoisotopic (exact) mass is 202 g/mol. The average Bonchev–Trinajstić information content (AvgIpc) is 2.76. The molecule has 4 nitrogen and oxygen atoms in total.